The van der Waals surface area contributed by atoms with Gasteiger partial charge in [-0.2, -0.15) is 0 Å². The maximum absolute atomic E-state index is 11.9. The molecule has 2 N–H and O–H groups in total. The fraction of sp³-hybridized carbons (Fsp3) is 0.727. The first kappa shape index (κ1) is 11.2. The molecule has 2 unspecified atom stereocenters. The van der Waals surface area contributed by atoms with Gasteiger partial charge in [0.1, 0.15) is 11.1 Å². The van der Waals surface area contributed by atoms with Crippen molar-refractivity contribution in [2.45, 2.75) is 43.5 Å². The maximum atomic E-state index is 11.9. The first-order valence-electron chi connectivity index (χ1n) is 6.09. The predicted molar refractivity (Wildman–Crippen MR) is 64.3 cm³/mol. The van der Waals surface area contributed by atoms with Crippen LogP contribution in [0.2, 0.25) is 0 Å². The normalized spacial score (nSPS) is 31.4. The van der Waals surface area contributed by atoms with Gasteiger partial charge in [-0.15, -0.1) is 0 Å². The van der Waals surface area contributed by atoms with Crippen molar-refractivity contribution in [3.05, 3.63) is 17.7 Å². The molecular weight excluding hydrogens is 238 g/mol. The van der Waals surface area contributed by atoms with E-state index in [1.54, 1.807) is 0 Å². The highest BCUT2D eigenvalue weighted by Crippen LogP contribution is 2.34. The number of hydrogen-bond acceptors (Lipinski definition) is 4. The van der Waals surface area contributed by atoms with Crippen molar-refractivity contribution in [2.24, 2.45) is 5.73 Å². The van der Waals surface area contributed by atoms with Gasteiger partial charge in [0.2, 0.25) is 0 Å². The predicted octanol–water partition coefficient (Wildman–Crippen LogP) is 0.406. The Labute approximate surface area is 101 Å². The smallest absolute Gasteiger partial charge is 0.158 e. The lowest BCUT2D eigenvalue weighted by Gasteiger charge is -2.19. The summed E-state index contributed by atoms with van der Waals surface area (Å²) in [5, 5.41) is -0.378. The van der Waals surface area contributed by atoms with Gasteiger partial charge in [-0.05, 0) is 19.3 Å². The topological polar surface area (TPSA) is 78.0 Å². The minimum atomic E-state index is -2.96. The molecule has 0 aliphatic carbocycles. The number of fused-ring (bicyclic) bond motifs is 1. The monoisotopic (exact) mass is 255 g/mol. The summed E-state index contributed by atoms with van der Waals surface area (Å²) in [6, 6.07) is 0.171. The van der Waals surface area contributed by atoms with E-state index in [0.29, 0.717) is 12.2 Å². The lowest BCUT2D eigenvalue weighted by Crippen LogP contribution is -2.31. The van der Waals surface area contributed by atoms with E-state index in [4.69, 9.17) is 5.73 Å². The van der Waals surface area contributed by atoms with Crippen molar-refractivity contribution in [3.63, 3.8) is 0 Å². The van der Waals surface area contributed by atoms with Crippen LogP contribution >= 0.6 is 0 Å². The molecule has 1 aromatic heterocycles. The molecule has 94 valence electrons. The molecule has 6 heteroatoms. The van der Waals surface area contributed by atoms with E-state index in [0.717, 1.165) is 37.3 Å². The zero-order chi connectivity index (χ0) is 12.0. The number of aromatic nitrogens is 2. The third-order valence-corrected chi connectivity index (χ3v) is 5.91. The average molecular weight is 255 g/mol. The number of aryl methyl sites for hydroxylation is 1. The summed E-state index contributed by atoms with van der Waals surface area (Å²) in [5.41, 5.74) is 6.63. The van der Waals surface area contributed by atoms with Gasteiger partial charge in [0, 0.05) is 25.2 Å². The van der Waals surface area contributed by atoms with Crippen LogP contribution in [0.5, 0.6) is 0 Å². The first-order valence-corrected chi connectivity index (χ1v) is 7.81. The molecule has 0 aromatic carbocycles. The Hall–Kier alpha value is -0.880. The lowest BCUT2D eigenvalue weighted by atomic mass is 10.1. The fourth-order valence-electron chi connectivity index (χ4n) is 2.77. The number of imidazole rings is 1. The highest BCUT2D eigenvalue weighted by Gasteiger charge is 2.35. The molecular formula is C11H17N3O2S. The van der Waals surface area contributed by atoms with E-state index in [-0.39, 0.29) is 11.3 Å². The zero-order valence-electron chi connectivity index (χ0n) is 9.67. The quantitative estimate of drug-likeness (QED) is 0.788. The fourth-order valence-corrected chi connectivity index (χ4v) is 4.63. The average Bonchev–Trinajstić information content (AvgIpc) is 2.79. The summed E-state index contributed by atoms with van der Waals surface area (Å²) in [6.07, 6.45) is 5.16. The molecule has 5 nitrogen and oxygen atoms in total. The third-order valence-electron chi connectivity index (χ3n) is 3.71. The molecule has 3 heterocycles. The summed E-state index contributed by atoms with van der Waals surface area (Å²) in [7, 11) is -2.96. The lowest BCUT2D eigenvalue weighted by molar-refractivity contribution is 0.453. The van der Waals surface area contributed by atoms with Crippen LogP contribution in [0.4, 0.5) is 0 Å². The van der Waals surface area contributed by atoms with Crippen LogP contribution in [0, 0.1) is 0 Å². The van der Waals surface area contributed by atoms with Crippen molar-refractivity contribution >= 4 is 9.84 Å². The first-order chi connectivity index (χ1) is 8.06. The van der Waals surface area contributed by atoms with Crippen LogP contribution in [0.3, 0.4) is 0 Å². The van der Waals surface area contributed by atoms with Crippen LogP contribution in [0.25, 0.3) is 0 Å². The summed E-state index contributed by atoms with van der Waals surface area (Å²) < 4.78 is 25.8. The van der Waals surface area contributed by atoms with Crippen molar-refractivity contribution in [3.8, 4) is 0 Å². The number of hydrogen-bond donors (Lipinski definition) is 1. The van der Waals surface area contributed by atoms with E-state index in [9.17, 15) is 8.42 Å². The number of sulfone groups is 1. The summed E-state index contributed by atoms with van der Waals surface area (Å²) in [4.78, 5) is 4.49. The van der Waals surface area contributed by atoms with Gasteiger partial charge in [0.25, 0.3) is 0 Å². The highest BCUT2D eigenvalue weighted by molar-refractivity contribution is 7.91. The molecule has 0 bridgehead atoms. The Kier molecular flexibility index (Phi) is 2.52. The minimum Gasteiger partial charge on any atom is -0.333 e. The molecule has 1 aromatic rings. The van der Waals surface area contributed by atoms with Crippen LogP contribution in [0.1, 0.15) is 36.0 Å². The van der Waals surface area contributed by atoms with E-state index in [2.05, 4.69) is 4.98 Å². The van der Waals surface area contributed by atoms with E-state index >= 15 is 0 Å². The number of nitrogens with two attached hydrogens (primary N) is 1. The molecule has 0 amide bonds. The van der Waals surface area contributed by atoms with Gasteiger partial charge in [0.15, 0.2) is 9.84 Å². The SMILES string of the molecule is NC1CCc2nc(C3CCCS3(=O)=O)cn2C1. The molecule has 2 aliphatic heterocycles. The standard InChI is InChI=1S/C11H17N3O2S/c12-8-3-4-11-13-9(7-14(11)6-8)10-2-1-5-17(10,15)16/h7-8,10H,1-6,12H2. The molecule has 2 atom stereocenters. The Balaban J connectivity index is 1.95. The van der Waals surface area contributed by atoms with Gasteiger partial charge in [0.05, 0.1) is 11.4 Å². The summed E-state index contributed by atoms with van der Waals surface area (Å²) in [6.45, 7) is 0.759. The van der Waals surface area contributed by atoms with E-state index in [1.165, 1.54) is 0 Å². The van der Waals surface area contributed by atoms with Crippen LogP contribution in [-0.4, -0.2) is 29.8 Å². The second-order valence-corrected chi connectivity index (χ2v) is 7.33. The van der Waals surface area contributed by atoms with Crippen molar-refractivity contribution in [1.29, 1.82) is 0 Å². The highest BCUT2D eigenvalue weighted by atomic mass is 32.2. The molecule has 2 aliphatic rings. The molecule has 3 rings (SSSR count). The molecule has 1 fully saturated rings. The Morgan fingerprint density at radius 2 is 2.24 bits per heavy atom. The number of nitrogens with zero attached hydrogens (tertiary/aromatic N) is 2. The largest absolute Gasteiger partial charge is 0.333 e. The maximum Gasteiger partial charge on any atom is 0.158 e. The second-order valence-electron chi connectivity index (χ2n) is 5.03. The van der Waals surface area contributed by atoms with Gasteiger partial charge in [-0.3, -0.25) is 0 Å². The van der Waals surface area contributed by atoms with Crippen molar-refractivity contribution < 1.29 is 8.42 Å². The van der Waals surface area contributed by atoms with Crippen LogP contribution in [-0.2, 0) is 22.8 Å². The van der Waals surface area contributed by atoms with Gasteiger partial charge < -0.3 is 10.3 Å². The van der Waals surface area contributed by atoms with Crippen LogP contribution < -0.4 is 5.73 Å². The number of rotatable bonds is 1. The van der Waals surface area contributed by atoms with Gasteiger partial charge >= 0.3 is 0 Å². The van der Waals surface area contributed by atoms with Crippen LogP contribution in [0.15, 0.2) is 6.20 Å². The Bertz CT molecular complexity index is 535. The third kappa shape index (κ3) is 1.89. The summed E-state index contributed by atoms with van der Waals surface area (Å²) in [5.74, 6) is 1.29. The molecule has 1 saturated heterocycles. The molecule has 0 spiro atoms. The molecule has 17 heavy (non-hydrogen) atoms. The minimum absolute atomic E-state index is 0.171. The summed E-state index contributed by atoms with van der Waals surface area (Å²) >= 11 is 0. The Morgan fingerprint density at radius 3 is 2.94 bits per heavy atom. The second kappa shape index (κ2) is 3.81. The van der Waals surface area contributed by atoms with Gasteiger partial charge in [-0.1, -0.05) is 0 Å². The Morgan fingerprint density at radius 1 is 1.41 bits per heavy atom. The van der Waals surface area contributed by atoms with Crippen molar-refractivity contribution in [2.75, 3.05) is 5.75 Å². The molecule has 0 radical (unpaired) electrons. The zero-order valence-corrected chi connectivity index (χ0v) is 10.5. The van der Waals surface area contributed by atoms with E-state index in [1.807, 2.05) is 10.8 Å². The van der Waals surface area contributed by atoms with Gasteiger partial charge in [-0.25, -0.2) is 13.4 Å². The molecule has 0 saturated carbocycles. The van der Waals surface area contributed by atoms with E-state index < -0.39 is 9.84 Å². The van der Waals surface area contributed by atoms with Crippen molar-refractivity contribution in [1.82, 2.24) is 9.55 Å².